The maximum atomic E-state index is 12.6. The number of urea groups is 1. The monoisotopic (exact) mass is 373 g/mol. The van der Waals surface area contributed by atoms with Gasteiger partial charge in [-0.25, -0.2) is 9.31 Å². The molecule has 0 atom stereocenters. The summed E-state index contributed by atoms with van der Waals surface area (Å²) in [5.74, 6) is -0.0803. The van der Waals surface area contributed by atoms with Crippen molar-refractivity contribution in [1.82, 2.24) is 35.4 Å². The Morgan fingerprint density at radius 3 is 2.81 bits per heavy atom. The number of hydrogen-bond donors (Lipinski definition) is 4. The number of piperidine rings is 1. The quantitative estimate of drug-likeness (QED) is 0.549. The fraction of sp³-hybridized carbons (Fsp3) is 0.529. The molecule has 4 N–H and O–H groups in total. The maximum absolute atomic E-state index is 12.6. The van der Waals surface area contributed by atoms with E-state index < -0.39 is 0 Å². The number of aromatic amines is 1. The van der Waals surface area contributed by atoms with E-state index in [0.29, 0.717) is 37.4 Å². The second-order valence-electron chi connectivity index (χ2n) is 6.88. The molecule has 0 radical (unpaired) electrons. The van der Waals surface area contributed by atoms with Crippen molar-refractivity contribution < 1.29 is 9.59 Å². The van der Waals surface area contributed by atoms with Gasteiger partial charge in [0.05, 0.1) is 11.9 Å². The Morgan fingerprint density at radius 2 is 2.07 bits per heavy atom. The first-order valence-electron chi connectivity index (χ1n) is 9.26. The van der Waals surface area contributed by atoms with Gasteiger partial charge in [0.15, 0.2) is 0 Å². The highest BCUT2D eigenvalue weighted by Crippen LogP contribution is 2.24. The summed E-state index contributed by atoms with van der Waals surface area (Å²) in [6, 6.07) is 1.46. The third-order valence-electron chi connectivity index (χ3n) is 5.15. The van der Waals surface area contributed by atoms with Gasteiger partial charge < -0.3 is 25.8 Å². The SMILES string of the molecule is O=C(NCCN1CCNC1=O)c1cnn2c(C3CCNCC3)cc(=O)[nH]c12. The van der Waals surface area contributed by atoms with Gasteiger partial charge in [-0.2, -0.15) is 5.10 Å². The Labute approximate surface area is 155 Å². The van der Waals surface area contributed by atoms with Crippen LogP contribution in [0.5, 0.6) is 0 Å². The van der Waals surface area contributed by atoms with Gasteiger partial charge in [-0.15, -0.1) is 0 Å². The minimum absolute atomic E-state index is 0.115. The molecule has 4 rings (SSSR count). The Morgan fingerprint density at radius 1 is 1.26 bits per heavy atom. The molecule has 144 valence electrons. The number of carbonyl (C=O) groups excluding carboxylic acids is 2. The lowest BCUT2D eigenvalue weighted by Crippen LogP contribution is -2.36. The smallest absolute Gasteiger partial charge is 0.317 e. The predicted octanol–water partition coefficient (Wildman–Crippen LogP) is -0.755. The highest BCUT2D eigenvalue weighted by Gasteiger charge is 2.23. The average Bonchev–Trinajstić information content (AvgIpc) is 3.28. The Kier molecular flexibility index (Phi) is 4.80. The molecule has 2 aromatic rings. The molecular formula is C17H23N7O3. The summed E-state index contributed by atoms with van der Waals surface area (Å²) in [5, 5.41) is 13.2. The summed E-state index contributed by atoms with van der Waals surface area (Å²) < 4.78 is 1.67. The summed E-state index contributed by atoms with van der Waals surface area (Å²) in [6.07, 6.45) is 3.34. The molecule has 0 spiro atoms. The van der Waals surface area contributed by atoms with Crippen molar-refractivity contribution >= 4 is 17.6 Å². The Balaban J connectivity index is 1.51. The van der Waals surface area contributed by atoms with E-state index in [0.717, 1.165) is 31.6 Å². The van der Waals surface area contributed by atoms with Crippen molar-refractivity contribution in [2.24, 2.45) is 0 Å². The lowest BCUT2D eigenvalue weighted by Gasteiger charge is -2.23. The zero-order valence-corrected chi connectivity index (χ0v) is 15.0. The van der Waals surface area contributed by atoms with Gasteiger partial charge in [0.25, 0.3) is 11.5 Å². The molecule has 0 unspecified atom stereocenters. The average molecular weight is 373 g/mol. The minimum Gasteiger partial charge on any atom is -0.350 e. The van der Waals surface area contributed by atoms with E-state index in [4.69, 9.17) is 0 Å². The molecule has 10 heteroatoms. The molecule has 2 aliphatic rings. The van der Waals surface area contributed by atoms with Gasteiger partial charge in [0.2, 0.25) is 0 Å². The van der Waals surface area contributed by atoms with Crippen molar-refractivity contribution in [1.29, 1.82) is 0 Å². The van der Waals surface area contributed by atoms with Crippen molar-refractivity contribution in [3.8, 4) is 0 Å². The summed E-state index contributed by atoms with van der Waals surface area (Å²) in [5.41, 5.74) is 1.34. The second-order valence-corrected chi connectivity index (χ2v) is 6.88. The van der Waals surface area contributed by atoms with Crippen LogP contribution in [0.4, 0.5) is 4.79 Å². The van der Waals surface area contributed by atoms with Crippen LogP contribution in [-0.2, 0) is 0 Å². The molecule has 3 amide bonds. The normalized spacial score (nSPS) is 18.1. The van der Waals surface area contributed by atoms with Crippen LogP contribution >= 0.6 is 0 Å². The number of carbonyl (C=O) groups is 2. The first-order valence-corrected chi connectivity index (χ1v) is 9.26. The van der Waals surface area contributed by atoms with Gasteiger partial charge in [-0.3, -0.25) is 9.59 Å². The first-order chi connectivity index (χ1) is 13.1. The van der Waals surface area contributed by atoms with Gasteiger partial charge in [0.1, 0.15) is 11.2 Å². The molecule has 2 fully saturated rings. The largest absolute Gasteiger partial charge is 0.350 e. The van der Waals surface area contributed by atoms with Crippen molar-refractivity contribution in [3.63, 3.8) is 0 Å². The highest BCUT2D eigenvalue weighted by atomic mass is 16.2. The number of amides is 3. The minimum atomic E-state index is -0.317. The van der Waals surface area contributed by atoms with Crippen molar-refractivity contribution in [2.75, 3.05) is 39.3 Å². The van der Waals surface area contributed by atoms with Gasteiger partial charge in [0, 0.05) is 38.2 Å². The van der Waals surface area contributed by atoms with E-state index in [1.54, 1.807) is 15.5 Å². The number of nitrogens with zero attached hydrogens (tertiary/aromatic N) is 3. The van der Waals surface area contributed by atoms with Crippen LogP contribution in [0.3, 0.4) is 0 Å². The number of H-pyrrole nitrogens is 1. The number of nitrogens with one attached hydrogen (secondary N) is 4. The van der Waals surface area contributed by atoms with Crippen molar-refractivity contribution in [3.05, 3.63) is 33.9 Å². The molecule has 2 aromatic heterocycles. The standard InChI is InChI=1S/C17H23N7O3/c25-14-9-13(11-1-3-18-4-2-11)24-15(22-14)12(10-21-24)16(26)19-5-7-23-8-6-20-17(23)27/h9-11,18H,1-8H2,(H,19,26)(H,20,27)(H,22,25). The third kappa shape index (κ3) is 3.52. The molecule has 10 nitrogen and oxygen atoms in total. The van der Waals surface area contributed by atoms with Crippen LogP contribution in [0.25, 0.3) is 5.65 Å². The van der Waals surface area contributed by atoms with E-state index in [1.165, 1.54) is 6.20 Å². The van der Waals surface area contributed by atoms with Gasteiger partial charge in [-0.05, 0) is 25.9 Å². The van der Waals surface area contributed by atoms with Crippen LogP contribution in [0.2, 0.25) is 0 Å². The molecule has 2 saturated heterocycles. The van der Waals surface area contributed by atoms with Crippen LogP contribution in [0, 0.1) is 0 Å². The fourth-order valence-electron chi connectivity index (χ4n) is 3.71. The molecule has 0 aromatic carbocycles. The van der Waals surface area contributed by atoms with E-state index in [9.17, 15) is 14.4 Å². The number of rotatable bonds is 5. The molecule has 0 bridgehead atoms. The molecule has 0 aliphatic carbocycles. The lowest BCUT2D eigenvalue weighted by atomic mass is 9.94. The first kappa shape index (κ1) is 17.5. The number of hydrogen-bond acceptors (Lipinski definition) is 5. The zero-order chi connectivity index (χ0) is 18.8. The maximum Gasteiger partial charge on any atom is 0.317 e. The van der Waals surface area contributed by atoms with Crippen LogP contribution in [0.1, 0.15) is 34.8 Å². The Hall–Kier alpha value is -2.88. The fourth-order valence-corrected chi connectivity index (χ4v) is 3.71. The lowest BCUT2D eigenvalue weighted by molar-refractivity contribution is 0.0951. The van der Waals surface area contributed by atoms with E-state index in [-0.39, 0.29) is 23.4 Å². The van der Waals surface area contributed by atoms with Crippen molar-refractivity contribution in [2.45, 2.75) is 18.8 Å². The molecule has 0 saturated carbocycles. The van der Waals surface area contributed by atoms with Crippen LogP contribution < -0.4 is 21.5 Å². The zero-order valence-electron chi connectivity index (χ0n) is 15.0. The molecular weight excluding hydrogens is 350 g/mol. The third-order valence-corrected chi connectivity index (χ3v) is 5.15. The van der Waals surface area contributed by atoms with Gasteiger partial charge in [-0.1, -0.05) is 0 Å². The van der Waals surface area contributed by atoms with Crippen LogP contribution in [-0.4, -0.2) is 70.7 Å². The summed E-state index contributed by atoms with van der Waals surface area (Å²) in [6.45, 7) is 3.84. The topological polar surface area (TPSA) is 124 Å². The van der Waals surface area contributed by atoms with E-state index in [1.807, 2.05) is 0 Å². The second kappa shape index (κ2) is 7.39. The van der Waals surface area contributed by atoms with Gasteiger partial charge >= 0.3 is 6.03 Å². The molecule has 4 heterocycles. The highest BCUT2D eigenvalue weighted by molar-refractivity contribution is 5.99. The predicted molar refractivity (Wildman–Crippen MR) is 98.0 cm³/mol. The number of fused-ring (bicyclic) bond motifs is 1. The van der Waals surface area contributed by atoms with E-state index in [2.05, 4.69) is 26.0 Å². The summed E-state index contributed by atoms with van der Waals surface area (Å²) in [4.78, 5) is 40.6. The summed E-state index contributed by atoms with van der Waals surface area (Å²) >= 11 is 0. The molecule has 27 heavy (non-hydrogen) atoms. The number of aromatic nitrogens is 3. The Bertz CT molecular complexity index is 913. The van der Waals surface area contributed by atoms with E-state index >= 15 is 0 Å². The van der Waals surface area contributed by atoms with Crippen LogP contribution in [0.15, 0.2) is 17.1 Å². The summed E-state index contributed by atoms with van der Waals surface area (Å²) in [7, 11) is 0. The molecule has 2 aliphatic heterocycles.